The number of nitrogens with zero attached hydrogens (tertiary/aromatic N) is 4. The first-order chi connectivity index (χ1) is 16.1. The summed E-state index contributed by atoms with van der Waals surface area (Å²) < 4.78 is 1.73. The van der Waals surface area contributed by atoms with Gasteiger partial charge in [0.25, 0.3) is 11.8 Å². The molecule has 0 unspecified atom stereocenters. The number of likely N-dealkylation sites (tertiary alicyclic amines) is 1. The van der Waals surface area contributed by atoms with Crippen LogP contribution in [0, 0.1) is 0 Å². The van der Waals surface area contributed by atoms with E-state index in [0.29, 0.717) is 50.6 Å². The van der Waals surface area contributed by atoms with Gasteiger partial charge in [-0.05, 0) is 48.6 Å². The Kier molecular flexibility index (Phi) is 5.81. The molecule has 2 saturated heterocycles. The molecule has 1 aromatic carbocycles. The van der Waals surface area contributed by atoms with Crippen molar-refractivity contribution in [2.45, 2.75) is 25.2 Å². The van der Waals surface area contributed by atoms with Crippen LogP contribution >= 0.6 is 0 Å². The smallest absolute Gasteiger partial charge is 0.257 e. The van der Waals surface area contributed by atoms with Gasteiger partial charge in [0, 0.05) is 50.9 Å². The minimum absolute atomic E-state index is 0.0236. The number of fused-ring (bicyclic) bond motifs is 1. The first-order valence-electron chi connectivity index (χ1n) is 11.5. The van der Waals surface area contributed by atoms with E-state index in [1.807, 2.05) is 41.4 Å². The van der Waals surface area contributed by atoms with Crippen molar-refractivity contribution in [2.75, 3.05) is 32.7 Å². The maximum atomic E-state index is 13.2. The average molecular weight is 446 g/mol. The van der Waals surface area contributed by atoms with E-state index in [9.17, 15) is 14.4 Å². The van der Waals surface area contributed by atoms with Crippen LogP contribution < -0.4 is 5.32 Å². The van der Waals surface area contributed by atoms with E-state index in [1.54, 1.807) is 15.6 Å². The Hall–Kier alpha value is -3.68. The molecule has 4 heterocycles. The van der Waals surface area contributed by atoms with Crippen molar-refractivity contribution in [1.82, 2.24) is 24.7 Å². The van der Waals surface area contributed by atoms with E-state index < -0.39 is 0 Å². The summed E-state index contributed by atoms with van der Waals surface area (Å²) in [6.07, 6.45) is 5.59. The number of aromatic nitrogens is 2. The van der Waals surface area contributed by atoms with Gasteiger partial charge in [-0.1, -0.05) is 18.2 Å². The number of amides is 3. The van der Waals surface area contributed by atoms with Gasteiger partial charge in [-0.2, -0.15) is 5.10 Å². The molecule has 2 fully saturated rings. The molecule has 3 aromatic rings. The zero-order valence-corrected chi connectivity index (χ0v) is 18.4. The van der Waals surface area contributed by atoms with Crippen LogP contribution in [0.15, 0.2) is 54.9 Å². The van der Waals surface area contributed by atoms with Crippen LogP contribution in [0.3, 0.4) is 0 Å². The molecule has 8 nitrogen and oxygen atoms in total. The summed E-state index contributed by atoms with van der Waals surface area (Å²) in [5.41, 5.74) is 3.23. The lowest BCUT2D eigenvalue weighted by Crippen LogP contribution is -2.37. The summed E-state index contributed by atoms with van der Waals surface area (Å²) in [6, 6.07) is 13.5. The molecule has 2 aromatic heterocycles. The van der Waals surface area contributed by atoms with Crippen LogP contribution in [-0.4, -0.2) is 69.9 Å². The van der Waals surface area contributed by atoms with Gasteiger partial charge in [0.1, 0.15) is 0 Å². The third-order valence-corrected chi connectivity index (χ3v) is 6.65. The Morgan fingerprint density at radius 1 is 0.939 bits per heavy atom. The number of piperidine rings is 1. The largest absolute Gasteiger partial charge is 0.354 e. The van der Waals surface area contributed by atoms with Crippen molar-refractivity contribution in [3.8, 4) is 0 Å². The fourth-order valence-corrected chi connectivity index (χ4v) is 4.74. The monoisotopic (exact) mass is 445 g/mol. The Labute approximate surface area is 192 Å². The Bertz CT molecular complexity index is 1180. The van der Waals surface area contributed by atoms with Crippen molar-refractivity contribution in [2.24, 2.45) is 0 Å². The summed E-state index contributed by atoms with van der Waals surface area (Å²) in [7, 11) is 0. The lowest BCUT2D eigenvalue weighted by Gasteiger charge is -2.32. The number of hydrogen-bond acceptors (Lipinski definition) is 4. The van der Waals surface area contributed by atoms with E-state index in [1.165, 1.54) is 0 Å². The number of rotatable bonds is 3. The van der Waals surface area contributed by atoms with Gasteiger partial charge in [-0.15, -0.1) is 0 Å². The highest BCUT2D eigenvalue weighted by Gasteiger charge is 2.26. The van der Waals surface area contributed by atoms with Crippen LogP contribution in [0.25, 0.3) is 5.52 Å². The number of hydrogen-bond donors (Lipinski definition) is 1. The average Bonchev–Trinajstić information content (AvgIpc) is 3.16. The highest BCUT2D eigenvalue weighted by atomic mass is 16.2. The molecular formula is C25H27N5O3. The van der Waals surface area contributed by atoms with Crippen LogP contribution in [-0.2, 0) is 4.79 Å². The molecular weight excluding hydrogens is 418 g/mol. The van der Waals surface area contributed by atoms with Gasteiger partial charge in [-0.3, -0.25) is 14.4 Å². The summed E-state index contributed by atoms with van der Waals surface area (Å²) in [5, 5.41) is 7.17. The predicted molar refractivity (Wildman–Crippen MR) is 123 cm³/mol. The van der Waals surface area contributed by atoms with E-state index in [0.717, 1.165) is 29.5 Å². The Morgan fingerprint density at radius 3 is 2.48 bits per heavy atom. The van der Waals surface area contributed by atoms with Crippen molar-refractivity contribution >= 4 is 23.2 Å². The molecule has 3 amide bonds. The van der Waals surface area contributed by atoms with E-state index >= 15 is 0 Å². The summed E-state index contributed by atoms with van der Waals surface area (Å²) in [6.45, 7) is 2.80. The summed E-state index contributed by atoms with van der Waals surface area (Å²) in [5.74, 6) is 0.290. The first-order valence-corrected chi connectivity index (χ1v) is 11.5. The highest BCUT2D eigenvalue weighted by molar-refractivity contribution is 6.01. The third-order valence-electron chi connectivity index (χ3n) is 6.65. The quantitative estimate of drug-likeness (QED) is 0.670. The molecule has 5 rings (SSSR count). The fourth-order valence-electron chi connectivity index (χ4n) is 4.74. The van der Waals surface area contributed by atoms with Gasteiger partial charge in [0.2, 0.25) is 5.91 Å². The van der Waals surface area contributed by atoms with Crippen molar-refractivity contribution in [1.29, 1.82) is 0 Å². The summed E-state index contributed by atoms with van der Waals surface area (Å²) in [4.78, 5) is 41.2. The lowest BCUT2D eigenvalue weighted by molar-refractivity contribution is -0.120. The van der Waals surface area contributed by atoms with E-state index in [-0.39, 0.29) is 17.7 Å². The van der Waals surface area contributed by atoms with Crippen LogP contribution in [0.5, 0.6) is 0 Å². The van der Waals surface area contributed by atoms with Gasteiger partial charge >= 0.3 is 0 Å². The maximum absolute atomic E-state index is 13.2. The molecule has 0 atom stereocenters. The van der Waals surface area contributed by atoms with E-state index in [2.05, 4.69) is 22.5 Å². The zero-order chi connectivity index (χ0) is 22.8. The molecule has 0 radical (unpaired) electrons. The molecule has 2 aliphatic rings. The molecule has 1 N–H and O–H groups in total. The van der Waals surface area contributed by atoms with Gasteiger partial charge in [0.15, 0.2) is 0 Å². The van der Waals surface area contributed by atoms with Gasteiger partial charge in [0.05, 0.1) is 17.3 Å². The van der Waals surface area contributed by atoms with Crippen molar-refractivity contribution in [3.63, 3.8) is 0 Å². The molecule has 0 bridgehead atoms. The summed E-state index contributed by atoms with van der Waals surface area (Å²) >= 11 is 0. The SMILES string of the molecule is O=C1CCN(C(=O)c2cnn3ccc(C4CCN(C(=O)c5ccccc5)CC4)cc23)CCN1. The topological polar surface area (TPSA) is 87.0 Å². The predicted octanol–water partition coefficient (Wildman–Crippen LogP) is 2.32. The van der Waals surface area contributed by atoms with Gasteiger partial charge < -0.3 is 15.1 Å². The van der Waals surface area contributed by atoms with Gasteiger partial charge in [-0.25, -0.2) is 4.52 Å². The molecule has 0 spiro atoms. The normalized spacial score (nSPS) is 17.6. The Morgan fingerprint density at radius 2 is 1.70 bits per heavy atom. The molecule has 2 aliphatic heterocycles. The fraction of sp³-hybridized carbons (Fsp3) is 0.360. The minimum Gasteiger partial charge on any atom is -0.354 e. The second-order valence-corrected chi connectivity index (χ2v) is 8.67. The molecule has 0 saturated carbocycles. The second-order valence-electron chi connectivity index (χ2n) is 8.67. The second kappa shape index (κ2) is 9.05. The maximum Gasteiger partial charge on any atom is 0.257 e. The first kappa shape index (κ1) is 21.2. The molecule has 170 valence electrons. The molecule has 0 aliphatic carbocycles. The van der Waals surface area contributed by atoms with Crippen LogP contribution in [0.1, 0.15) is 51.5 Å². The lowest BCUT2D eigenvalue weighted by atomic mass is 9.89. The molecule has 8 heteroatoms. The van der Waals surface area contributed by atoms with Crippen LogP contribution in [0.2, 0.25) is 0 Å². The number of carbonyl (C=O) groups excluding carboxylic acids is 3. The zero-order valence-electron chi connectivity index (χ0n) is 18.4. The number of benzene rings is 1. The number of pyridine rings is 1. The molecule has 33 heavy (non-hydrogen) atoms. The van der Waals surface area contributed by atoms with Crippen LogP contribution in [0.4, 0.5) is 0 Å². The van der Waals surface area contributed by atoms with Crippen molar-refractivity contribution in [3.05, 3.63) is 71.5 Å². The number of nitrogens with one attached hydrogen (secondary N) is 1. The van der Waals surface area contributed by atoms with E-state index in [4.69, 9.17) is 0 Å². The minimum atomic E-state index is -0.0954. The standard InChI is InChI=1S/C25H27N5O3/c31-23-9-13-29(15-10-26-23)25(33)21-17-27-30-14-8-20(16-22(21)30)18-6-11-28(12-7-18)24(32)19-4-2-1-3-5-19/h1-5,8,14,16-18H,6-7,9-13,15H2,(H,26,31). The highest BCUT2D eigenvalue weighted by Crippen LogP contribution is 2.30. The third kappa shape index (κ3) is 4.33. The number of carbonyl (C=O) groups is 3. The van der Waals surface area contributed by atoms with Crippen molar-refractivity contribution < 1.29 is 14.4 Å². The Balaban J connectivity index is 1.30.